The van der Waals surface area contributed by atoms with Crippen LogP contribution >= 0.6 is 0 Å². The second kappa shape index (κ2) is 7.73. The Morgan fingerprint density at radius 2 is 1.82 bits per heavy atom. The average Bonchev–Trinajstić information content (AvgIpc) is 2.20. The Balaban J connectivity index is 0.00000256. The van der Waals surface area contributed by atoms with E-state index in [9.17, 15) is 4.79 Å². The number of carbonyl (C=O) groups is 1. The number of nitrogens with zero attached hydrogens (tertiary/aromatic N) is 1. The molecule has 1 aromatic carbocycles. The van der Waals surface area contributed by atoms with Crippen LogP contribution in [0.3, 0.4) is 0 Å². The number of carboxylic acid groups (broad SMARTS) is 1. The summed E-state index contributed by atoms with van der Waals surface area (Å²) >= 11 is 0. The Kier molecular flexibility index (Phi) is 7.48. The molecule has 0 saturated heterocycles. The summed E-state index contributed by atoms with van der Waals surface area (Å²) in [4.78, 5) is 15.0. The molecule has 0 heterocycles. The molecule has 89 valence electrons. The molecule has 1 radical (unpaired) electrons. The van der Waals surface area contributed by atoms with E-state index in [0.717, 1.165) is 5.56 Å². The van der Waals surface area contributed by atoms with Crippen molar-refractivity contribution in [1.82, 2.24) is 0 Å². The third-order valence-corrected chi connectivity index (χ3v) is 2.35. The summed E-state index contributed by atoms with van der Waals surface area (Å²) in [5.41, 5.74) is 2.10. The van der Waals surface area contributed by atoms with Gasteiger partial charge in [-0.1, -0.05) is 43.7 Å². The van der Waals surface area contributed by atoms with E-state index in [1.807, 2.05) is 45.0 Å². The molecule has 0 spiro atoms. The van der Waals surface area contributed by atoms with Gasteiger partial charge in [-0.05, 0) is 18.4 Å². The molecule has 0 aliphatic rings. The van der Waals surface area contributed by atoms with Crippen molar-refractivity contribution in [3.05, 3.63) is 35.4 Å². The fraction of sp³-hybridized carbons (Fsp3) is 0.385. The van der Waals surface area contributed by atoms with Crippen LogP contribution < -0.4 is 0 Å². The zero-order valence-corrected chi connectivity index (χ0v) is 13.3. The third kappa shape index (κ3) is 5.56. The Labute approximate surface area is 127 Å². The Bertz CT molecular complexity index is 385. The maximum absolute atomic E-state index is 10.9. The van der Waals surface area contributed by atoms with Crippen molar-refractivity contribution in [3.8, 4) is 0 Å². The van der Waals surface area contributed by atoms with E-state index in [2.05, 4.69) is 4.99 Å². The first-order chi connectivity index (χ1) is 7.50. The molecule has 0 saturated carbocycles. The van der Waals surface area contributed by atoms with E-state index in [-0.39, 0.29) is 38.6 Å². The first-order valence-corrected chi connectivity index (χ1v) is 5.33. The Hall–Kier alpha value is -0.536. The molecule has 0 aromatic heterocycles. The van der Waals surface area contributed by atoms with Crippen LogP contribution in [0.5, 0.6) is 0 Å². The molecule has 1 unspecified atom stereocenters. The fourth-order valence-corrected chi connectivity index (χ4v) is 1.34. The third-order valence-electron chi connectivity index (χ3n) is 2.35. The SMILES string of the molecule is Cc1ccc(C=NC(C(=O)O)C(C)C)cc1.[Y]. The topological polar surface area (TPSA) is 49.7 Å². The number of carboxylic acids is 1. The van der Waals surface area contributed by atoms with Gasteiger partial charge in [0, 0.05) is 38.9 Å². The zero-order chi connectivity index (χ0) is 12.1. The van der Waals surface area contributed by atoms with Gasteiger partial charge in [-0.15, -0.1) is 0 Å². The van der Waals surface area contributed by atoms with Gasteiger partial charge in [0.1, 0.15) is 6.04 Å². The summed E-state index contributed by atoms with van der Waals surface area (Å²) in [6.45, 7) is 5.71. The van der Waals surface area contributed by atoms with Gasteiger partial charge in [0.2, 0.25) is 0 Å². The van der Waals surface area contributed by atoms with E-state index < -0.39 is 12.0 Å². The maximum atomic E-state index is 10.9. The van der Waals surface area contributed by atoms with Crippen molar-refractivity contribution in [3.63, 3.8) is 0 Å². The second-order valence-electron chi connectivity index (χ2n) is 4.22. The molecule has 0 fully saturated rings. The minimum atomic E-state index is -0.877. The minimum Gasteiger partial charge on any atom is -0.480 e. The number of hydrogen-bond acceptors (Lipinski definition) is 2. The standard InChI is InChI=1S/C13H17NO2.Y/c1-9(2)12(13(15)16)14-8-11-6-4-10(3)5-7-11;/h4-9,12H,1-3H3,(H,15,16);. The summed E-state index contributed by atoms with van der Waals surface area (Å²) in [6.07, 6.45) is 1.62. The van der Waals surface area contributed by atoms with E-state index in [1.165, 1.54) is 5.56 Å². The van der Waals surface area contributed by atoms with E-state index in [1.54, 1.807) is 6.21 Å². The molecule has 1 N–H and O–H groups in total. The van der Waals surface area contributed by atoms with Gasteiger partial charge in [0.15, 0.2) is 0 Å². The zero-order valence-electron chi connectivity index (χ0n) is 10.4. The summed E-state index contributed by atoms with van der Waals surface area (Å²) < 4.78 is 0. The molecular weight excluding hydrogens is 291 g/mol. The molecule has 3 nitrogen and oxygen atoms in total. The summed E-state index contributed by atoms with van der Waals surface area (Å²) in [7, 11) is 0. The molecule has 0 aliphatic heterocycles. The molecule has 17 heavy (non-hydrogen) atoms. The van der Waals surface area contributed by atoms with Crippen LogP contribution in [-0.2, 0) is 37.5 Å². The number of rotatable bonds is 4. The second-order valence-corrected chi connectivity index (χ2v) is 4.22. The Morgan fingerprint density at radius 1 is 1.29 bits per heavy atom. The van der Waals surface area contributed by atoms with Crippen LogP contribution in [0.25, 0.3) is 0 Å². The largest absolute Gasteiger partial charge is 0.480 e. The van der Waals surface area contributed by atoms with Crippen LogP contribution in [0.1, 0.15) is 25.0 Å². The van der Waals surface area contributed by atoms with Crippen LogP contribution in [0.15, 0.2) is 29.3 Å². The number of aliphatic imine (C=N–C) groups is 1. The molecule has 0 aliphatic carbocycles. The van der Waals surface area contributed by atoms with Gasteiger partial charge in [-0.25, -0.2) is 4.79 Å². The van der Waals surface area contributed by atoms with Crippen molar-refractivity contribution in [2.45, 2.75) is 26.8 Å². The molecule has 0 amide bonds. The molecule has 0 bridgehead atoms. The average molecular weight is 308 g/mol. The monoisotopic (exact) mass is 308 g/mol. The van der Waals surface area contributed by atoms with Crippen molar-refractivity contribution < 1.29 is 42.6 Å². The van der Waals surface area contributed by atoms with Gasteiger partial charge in [0.25, 0.3) is 0 Å². The maximum Gasteiger partial charge on any atom is 0.328 e. The predicted octanol–water partition coefficient (Wildman–Crippen LogP) is 2.52. The van der Waals surface area contributed by atoms with Crippen LogP contribution in [0.2, 0.25) is 0 Å². The molecule has 1 atom stereocenters. The van der Waals surface area contributed by atoms with E-state index >= 15 is 0 Å². The first-order valence-electron chi connectivity index (χ1n) is 5.33. The Morgan fingerprint density at radius 3 is 2.24 bits per heavy atom. The van der Waals surface area contributed by atoms with E-state index in [0.29, 0.717) is 0 Å². The molecular formula is C13H17NO2Y. The summed E-state index contributed by atoms with van der Waals surface area (Å²) in [5, 5.41) is 8.95. The van der Waals surface area contributed by atoms with Crippen LogP contribution in [0.4, 0.5) is 0 Å². The van der Waals surface area contributed by atoms with Crippen molar-refractivity contribution in [1.29, 1.82) is 0 Å². The fourth-order valence-electron chi connectivity index (χ4n) is 1.34. The number of hydrogen-bond donors (Lipinski definition) is 1. The van der Waals surface area contributed by atoms with Crippen LogP contribution in [0, 0.1) is 12.8 Å². The summed E-state index contributed by atoms with van der Waals surface area (Å²) in [5.74, 6) is -0.877. The number of benzene rings is 1. The van der Waals surface area contributed by atoms with Crippen molar-refractivity contribution >= 4 is 12.2 Å². The smallest absolute Gasteiger partial charge is 0.328 e. The number of aryl methyl sites for hydroxylation is 1. The van der Waals surface area contributed by atoms with Gasteiger partial charge < -0.3 is 5.11 Å². The quantitative estimate of drug-likeness (QED) is 0.869. The van der Waals surface area contributed by atoms with Crippen molar-refractivity contribution in [2.24, 2.45) is 10.9 Å². The van der Waals surface area contributed by atoms with Crippen molar-refractivity contribution in [2.75, 3.05) is 0 Å². The van der Waals surface area contributed by atoms with Gasteiger partial charge in [-0.2, -0.15) is 0 Å². The normalized spacial score (nSPS) is 12.5. The van der Waals surface area contributed by atoms with Gasteiger partial charge >= 0.3 is 5.97 Å². The molecule has 4 heteroatoms. The first kappa shape index (κ1) is 16.5. The number of aliphatic carboxylic acids is 1. The summed E-state index contributed by atoms with van der Waals surface area (Å²) in [6, 6.07) is 7.15. The molecule has 1 aromatic rings. The molecule has 1 rings (SSSR count). The predicted molar refractivity (Wildman–Crippen MR) is 65.0 cm³/mol. The van der Waals surface area contributed by atoms with E-state index in [4.69, 9.17) is 5.11 Å². The van der Waals surface area contributed by atoms with Gasteiger partial charge in [0.05, 0.1) is 0 Å². The van der Waals surface area contributed by atoms with Gasteiger partial charge in [-0.3, -0.25) is 4.99 Å². The minimum absolute atomic E-state index is 0. The van der Waals surface area contributed by atoms with Crippen LogP contribution in [-0.4, -0.2) is 23.3 Å².